The first-order chi connectivity index (χ1) is 16.4. The Morgan fingerprint density at radius 2 is 1.85 bits per heavy atom. The lowest BCUT2D eigenvalue weighted by molar-refractivity contribution is -0.120. The van der Waals surface area contributed by atoms with Gasteiger partial charge in [0.15, 0.2) is 5.78 Å². The second kappa shape index (κ2) is 12.5. The summed E-state index contributed by atoms with van der Waals surface area (Å²) in [6.07, 6.45) is 4.98. The fourth-order valence-corrected chi connectivity index (χ4v) is 4.42. The first-order valence-electron chi connectivity index (χ1n) is 12.3. The van der Waals surface area contributed by atoms with Crippen molar-refractivity contribution in [1.82, 2.24) is 14.8 Å². The van der Waals surface area contributed by atoms with Gasteiger partial charge in [0.25, 0.3) is 11.5 Å². The van der Waals surface area contributed by atoms with Crippen molar-refractivity contribution < 1.29 is 14.3 Å². The number of amides is 1. The van der Waals surface area contributed by atoms with Gasteiger partial charge in [-0.3, -0.25) is 14.4 Å². The van der Waals surface area contributed by atoms with Crippen LogP contribution >= 0.6 is 0 Å². The van der Waals surface area contributed by atoms with Crippen molar-refractivity contribution in [2.45, 2.75) is 52.5 Å². The molecule has 0 atom stereocenters. The van der Waals surface area contributed by atoms with E-state index in [-0.39, 0.29) is 23.8 Å². The Balaban J connectivity index is 1.79. The van der Waals surface area contributed by atoms with Gasteiger partial charge in [0, 0.05) is 18.5 Å². The van der Waals surface area contributed by atoms with Crippen LogP contribution in [0.25, 0.3) is 11.3 Å². The van der Waals surface area contributed by atoms with Crippen LogP contribution < -0.4 is 15.6 Å². The number of hydrogen-bond acceptors (Lipinski definition) is 5. The zero-order valence-electron chi connectivity index (χ0n) is 20.6. The number of nitrogens with zero attached hydrogens (tertiary/aromatic N) is 2. The molecule has 1 aliphatic rings. The Morgan fingerprint density at radius 1 is 1.09 bits per heavy atom. The number of ether oxygens (including phenoxy) is 1. The number of carbonyl (C=O) groups excluding carboxylic acids is 2. The molecule has 1 amide bonds. The molecule has 0 aliphatic carbocycles. The maximum absolute atomic E-state index is 13.4. The molecule has 1 fully saturated rings. The molecule has 7 heteroatoms. The number of carbonyl (C=O) groups is 2. The topological polar surface area (TPSA) is 80.6 Å². The van der Waals surface area contributed by atoms with Crippen molar-refractivity contribution in [2.24, 2.45) is 5.92 Å². The second-order valence-corrected chi connectivity index (χ2v) is 9.40. The van der Waals surface area contributed by atoms with Crippen LogP contribution in [0, 0.1) is 5.92 Å². The maximum Gasteiger partial charge on any atom is 0.264 e. The van der Waals surface area contributed by atoms with Crippen LogP contribution in [0.5, 0.6) is 5.75 Å². The van der Waals surface area contributed by atoms with E-state index in [9.17, 15) is 14.4 Å². The van der Waals surface area contributed by atoms with Gasteiger partial charge in [-0.05, 0) is 69.1 Å². The van der Waals surface area contributed by atoms with Gasteiger partial charge in [-0.1, -0.05) is 32.4 Å². The van der Waals surface area contributed by atoms with Gasteiger partial charge < -0.3 is 19.5 Å². The van der Waals surface area contributed by atoms with Crippen LogP contribution in [0.15, 0.2) is 41.2 Å². The van der Waals surface area contributed by atoms with E-state index in [1.165, 1.54) is 23.8 Å². The molecule has 0 radical (unpaired) electrons. The highest BCUT2D eigenvalue weighted by Gasteiger charge is 2.19. The molecule has 3 rings (SSSR count). The zero-order valence-corrected chi connectivity index (χ0v) is 20.6. The van der Waals surface area contributed by atoms with Crippen LogP contribution in [0.1, 0.15) is 56.3 Å². The minimum absolute atomic E-state index is 0.0414. The van der Waals surface area contributed by atoms with E-state index in [1.807, 2.05) is 38.1 Å². The molecule has 2 aromatic rings. The predicted octanol–water partition coefficient (Wildman–Crippen LogP) is 3.74. The average Bonchev–Trinajstić information content (AvgIpc) is 2.83. The summed E-state index contributed by atoms with van der Waals surface area (Å²) in [5.74, 6) is 0.404. The van der Waals surface area contributed by atoms with E-state index in [0.717, 1.165) is 31.6 Å². The molecule has 0 spiro atoms. The van der Waals surface area contributed by atoms with Gasteiger partial charge in [0.05, 0.1) is 19.3 Å². The number of nitrogens with one attached hydrogen (secondary N) is 1. The van der Waals surface area contributed by atoms with Gasteiger partial charge in [-0.15, -0.1) is 0 Å². The number of aromatic nitrogens is 1. The van der Waals surface area contributed by atoms with E-state index in [1.54, 1.807) is 19.2 Å². The molecule has 0 saturated carbocycles. The molecule has 1 aliphatic heterocycles. The molecular weight excluding hydrogens is 430 g/mol. The highest BCUT2D eigenvalue weighted by molar-refractivity contribution is 5.94. The molecular formula is C27H37N3O4. The third-order valence-electron chi connectivity index (χ3n) is 6.14. The van der Waals surface area contributed by atoms with Crippen molar-refractivity contribution in [2.75, 3.05) is 33.3 Å². The van der Waals surface area contributed by atoms with E-state index in [4.69, 9.17) is 4.74 Å². The van der Waals surface area contributed by atoms with Gasteiger partial charge in [0.2, 0.25) is 0 Å². The molecule has 7 nitrogen and oxygen atoms in total. The fourth-order valence-electron chi connectivity index (χ4n) is 4.42. The molecule has 0 unspecified atom stereocenters. The molecule has 1 saturated heterocycles. The summed E-state index contributed by atoms with van der Waals surface area (Å²) in [6, 6.07) is 10.6. The third kappa shape index (κ3) is 7.03. The summed E-state index contributed by atoms with van der Waals surface area (Å²) in [5.41, 5.74) is 0.942. The normalized spacial score (nSPS) is 14.2. The standard InChI is InChI=1S/C27H37N3O4/c1-20(2)17-22(31)19-30-25(21-9-7-10-23(18-21)34-3)12-11-24(27(30)33)26(32)28-13-8-16-29-14-5-4-6-15-29/h7,9-12,18,20H,4-6,8,13-17,19H2,1-3H3,(H,28,32). The van der Waals surface area contributed by atoms with Crippen molar-refractivity contribution >= 4 is 11.7 Å². The molecule has 184 valence electrons. The Morgan fingerprint density at radius 3 is 2.56 bits per heavy atom. The van der Waals surface area contributed by atoms with Crippen molar-refractivity contribution in [3.63, 3.8) is 0 Å². The number of piperidine rings is 1. The lowest BCUT2D eigenvalue weighted by Gasteiger charge is -2.26. The minimum atomic E-state index is -0.453. The van der Waals surface area contributed by atoms with Gasteiger partial charge in [-0.2, -0.15) is 0 Å². The van der Waals surface area contributed by atoms with E-state index in [2.05, 4.69) is 10.2 Å². The number of rotatable bonds is 11. The summed E-state index contributed by atoms with van der Waals surface area (Å²) in [6.45, 7) is 7.57. The van der Waals surface area contributed by atoms with Crippen LogP contribution in [-0.2, 0) is 11.3 Å². The van der Waals surface area contributed by atoms with Gasteiger partial charge >= 0.3 is 0 Å². The van der Waals surface area contributed by atoms with Crippen molar-refractivity contribution in [3.05, 3.63) is 52.3 Å². The van der Waals surface area contributed by atoms with Crippen molar-refractivity contribution in [1.29, 1.82) is 0 Å². The number of methoxy groups -OCH3 is 1. The second-order valence-electron chi connectivity index (χ2n) is 9.40. The summed E-state index contributed by atoms with van der Waals surface area (Å²) < 4.78 is 6.74. The summed E-state index contributed by atoms with van der Waals surface area (Å²) in [7, 11) is 1.58. The number of likely N-dealkylation sites (tertiary alicyclic amines) is 1. The quantitative estimate of drug-likeness (QED) is 0.509. The first-order valence-corrected chi connectivity index (χ1v) is 12.3. The Bertz CT molecular complexity index is 1040. The van der Waals surface area contributed by atoms with Gasteiger partial charge in [-0.25, -0.2) is 0 Å². The summed E-state index contributed by atoms with van der Waals surface area (Å²) in [4.78, 5) is 41.3. The third-order valence-corrected chi connectivity index (χ3v) is 6.14. The lowest BCUT2D eigenvalue weighted by atomic mass is 10.1. The monoisotopic (exact) mass is 467 g/mol. The Labute approximate surface area is 202 Å². The van der Waals surface area contributed by atoms with Gasteiger partial charge in [0.1, 0.15) is 11.3 Å². The lowest BCUT2D eigenvalue weighted by Crippen LogP contribution is -2.36. The Hall–Kier alpha value is -2.93. The summed E-state index contributed by atoms with van der Waals surface area (Å²) in [5, 5.41) is 2.89. The van der Waals surface area contributed by atoms with E-state index >= 15 is 0 Å². The Kier molecular flexibility index (Phi) is 9.45. The van der Waals surface area contributed by atoms with Crippen molar-refractivity contribution in [3.8, 4) is 17.0 Å². The van der Waals surface area contributed by atoms with Crippen LogP contribution in [0.2, 0.25) is 0 Å². The smallest absolute Gasteiger partial charge is 0.264 e. The zero-order chi connectivity index (χ0) is 24.5. The molecule has 1 aromatic carbocycles. The number of ketones is 1. The highest BCUT2D eigenvalue weighted by atomic mass is 16.5. The average molecular weight is 468 g/mol. The number of hydrogen-bond donors (Lipinski definition) is 1. The fraction of sp³-hybridized carbons (Fsp3) is 0.519. The largest absolute Gasteiger partial charge is 0.497 e. The van der Waals surface area contributed by atoms with Crippen LogP contribution in [0.4, 0.5) is 0 Å². The number of pyridine rings is 1. The highest BCUT2D eigenvalue weighted by Crippen LogP contribution is 2.23. The first kappa shape index (κ1) is 25.7. The molecule has 2 heterocycles. The van der Waals surface area contributed by atoms with Crippen LogP contribution in [0.3, 0.4) is 0 Å². The van der Waals surface area contributed by atoms with E-state index in [0.29, 0.717) is 24.4 Å². The maximum atomic E-state index is 13.4. The molecule has 1 N–H and O–H groups in total. The number of benzene rings is 1. The summed E-state index contributed by atoms with van der Waals surface area (Å²) >= 11 is 0. The van der Waals surface area contributed by atoms with Crippen LogP contribution in [-0.4, -0.2) is 54.4 Å². The molecule has 1 aromatic heterocycles. The molecule has 34 heavy (non-hydrogen) atoms. The van der Waals surface area contributed by atoms with E-state index < -0.39 is 11.5 Å². The number of Topliss-reactive ketones (excluding diaryl/α,β-unsaturated/α-hetero) is 1. The minimum Gasteiger partial charge on any atom is -0.497 e. The SMILES string of the molecule is COc1cccc(-c2ccc(C(=O)NCCCN3CCCCC3)c(=O)n2CC(=O)CC(C)C)c1. The molecule has 0 bridgehead atoms. The predicted molar refractivity (Wildman–Crippen MR) is 134 cm³/mol.